The zero-order chi connectivity index (χ0) is 29.9. The number of carbonyl (C=O) groups excluding carboxylic acids is 2. The smallest absolute Gasteiger partial charge is 0.497 e. The highest BCUT2D eigenvalue weighted by Crippen LogP contribution is 2.62. The summed E-state index contributed by atoms with van der Waals surface area (Å²) < 4.78 is 16.6. The van der Waals surface area contributed by atoms with Crippen LogP contribution < -0.4 is 9.47 Å². The van der Waals surface area contributed by atoms with Crippen molar-refractivity contribution in [3.63, 3.8) is 0 Å². The molecule has 216 valence electrons. The molecule has 39 heavy (non-hydrogen) atoms. The summed E-state index contributed by atoms with van der Waals surface area (Å²) in [5.41, 5.74) is -2.70. The molecule has 0 bridgehead atoms. The lowest BCUT2D eigenvalue weighted by Crippen LogP contribution is -2.51. The lowest BCUT2D eigenvalue weighted by molar-refractivity contribution is -0.151. The number of methoxy groups -OCH3 is 2. The first kappa shape index (κ1) is 33.9. The number of esters is 1. The number of benzene rings is 2. The van der Waals surface area contributed by atoms with Gasteiger partial charge in [-0.2, -0.15) is 0 Å². The summed E-state index contributed by atoms with van der Waals surface area (Å²) in [5.74, 6) is 0.350. The summed E-state index contributed by atoms with van der Waals surface area (Å²) >= 11 is 38.9. The Morgan fingerprint density at radius 2 is 1.13 bits per heavy atom. The normalized spacial score (nSPS) is 13.0. The lowest BCUT2D eigenvalue weighted by Gasteiger charge is -2.45. The van der Waals surface area contributed by atoms with E-state index in [1.807, 2.05) is 0 Å². The Kier molecular flexibility index (Phi) is 11.1. The minimum atomic E-state index is -2.13. The minimum absolute atomic E-state index is 0.145. The van der Waals surface area contributed by atoms with Crippen molar-refractivity contribution in [2.24, 2.45) is 5.41 Å². The highest BCUT2D eigenvalue weighted by molar-refractivity contribution is 6.74. The Morgan fingerprint density at radius 1 is 0.692 bits per heavy atom. The molecule has 0 aliphatic rings. The molecule has 0 fully saturated rings. The van der Waals surface area contributed by atoms with E-state index < -0.39 is 30.2 Å². The Labute approximate surface area is 259 Å². The Balaban J connectivity index is 2.30. The molecule has 12 heteroatoms. The van der Waals surface area contributed by atoms with Crippen molar-refractivity contribution in [1.82, 2.24) is 0 Å². The van der Waals surface area contributed by atoms with Gasteiger partial charge in [-0.3, -0.25) is 4.79 Å². The van der Waals surface area contributed by atoms with Crippen molar-refractivity contribution in [2.45, 2.75) is 59.1 Å². The van der Waals surface area contributed by atoms with Crippen LogP contribution in [0, 0.1) is 5.41 Å². The molecule has 0 spiro atoms. The van der Waals surface area contributed by atoms with Crippen molar-refractivity contribution >= 4 is 81.7 Å². The summed E-state index contributed by atoms with van der Waals surface area (Å²) in [4.78, 5) is 24.5. The number of rotatable bonds is 9. The van der Waals surface area contributed by atoms with E-state index in [4.69, 9.17) is 88.6 Å². The molecule has 0 atom stereocenters. The van der Waals surface area contributed by atoms with Crippen LogP contribution in [0.25, 0.3) is 0 Å². The molecule has 0 N–H and O–H groups in total. The van der Waals surface area contributed by atoms with Gasteiger partial charge in [0, 0.05) is 0 Å². The molecule has 0 saturated heterocycles. The molecule has 0 unspecified atom stereocenters. The number of halogens is 6. The van der Waals surface area contributed by atoms with E-state index in [0.717, 1.165) is 0 Å². The molecule has 2 aromatic rings. The van der Waals surface area contributed by atoms with Gasteiger partial charge in [0.2, 0.25) is 7.59 Å². The van der Waals surface area contributed by atoms with Crippen molar-refractivity contribution < 1.29 is 28.5 Å². The van der Waals surface area contributed by atoms with Crippen LogP contribution in [-0.2, 0) is 19.7 Å². The van der Waals surface area contributed by atoms with Gasteiger partial charge in [-0.1, -0.05) is 93.9 Å². The van der Waals surface area contributed by atoms with Crippen molar-refractivity contribution in [3.05, 3.63) is 59.7 Å². The van der Waals surface area contributed by atoms with Crippen molar-refractivity contribution in [1.29, 1.82) is 0 Å². The average Bonchev–Trinajstić information content (AvgIpc) is 2.82. The minimum Gasteiger partial charge on any atom is -0.497 e. The molecule has 0 amide bonds. The van der Waals surface area contributed by atoms with Gasteiger partial charge in [0.15, 0.2) is 0 Å². The van der Waals surface area contributed by atoms with Crippen LogP contribution in [0.1, 0.15) is 51.7 Å². The third kappa shape index (κ3) is 7.93. The molecule has 0 aromatic heterocycles. The molecule has 2 aromatic carbocycles. The number of ether oxygens (including phenoxy) is 4. The van der Waals surface area contributed by atoms with Gasteiger partial charge in [-0.15, -0.1) is 0 Å². The summed E-state index contributed by atoms with van der Waals surface area (Å²) in [5, 5.41) is 0. The fourth-order valence-electron chi connectivity index (χ4n) is 3.98. The fraction of sp³-hybridized carbons (Fsp3) is 0.481. The van der Waals surface area contributed by atoms with Gasteiger partial charge < -0.3 is 18.9 Å². The molecule has 0 aliphatic carbocycles. The molecule has 2 rings (SSSR count). The summed E-state index contributed by atoms with van der Waals surface area (Å²) in [7, 11) is 2.84. The van der Waals surface area contributed by atoms with Crippen molar-refractivity contribution in [3.8, 4) is 11.5 Å². The van der Waals surface area contributed by atoms with E-state index in [2.05, 4.69) is 0 Å². The second-order valence-electron chi connectivity index (χ2n) is 10.1. The number of alkyl halides is 6. The molecular formula is C27H30Cl6O6. The van der Waals surface area contributed by atoms with E-state index >= 15 is 0 Å². The Hall–Kier alpha value is -1.28. The van der Waals surface area contributed by atoms with Crippen molar-refractivity contribution in [2.75, 3.05) is 14.2 Å². The molecule has 0 heterocycles. The third-order valence-electron chi connectivity index (χ3n) is 6.31. The predicted octanol–water partition coefficient (Wildman–Crippen LogP) is 9.00. The van der Waals surface area contributed by atoms with Crippen LogP contribution in [0.15, 0.2) is 48.5 Å². The van der Waals surface area contributed by atoms with Gasteiger partial charge in [-0.05, 0) is 75.9 Å². The topological polar surface area (TPSA) is 71.1 Å². The number of carbonyl (C=O) groups is 2. The summed E-state index contributed by atoms with van der Waals surface area (Å²) in [6, 6.07) is 12.6. The first-order valence-corrected chi connectivity index (χ1v) is 14.0. The highest BCUT2D eigenvalue weighted by atomic mass is 35.6. The van der Waals surface area contributed by atoms with Crippen LogP contribution in [0.2, 0.25) is 0 Å². The molecular weight excluding hydrogens is 633 g/mol. The first-order valence-electron chi connectivity index (χ1n) is 11.7. The fourth-order valence-corrected chi connectivity index (χ4v) is 6.58. The third-order valence-corrected chi connectivity index (χ3v) is 8.01. The van der Waals surface area contributed by atoms with Crippen LogP contribution in [0.3, 0.4) is 0 Å². The number of hydrogen-bond acceptors (Lipinski definition) is 6. The van der Waals surface area contributed by atoms with E-state index in [0.29, 0.717) is 29.7 Å². The quantitative estimate of drug-likeness (QED) is 0.152. The van der Waals surface area contributed by atoms with E-state index in [1.165, 1.54) is 38.5 Å². The van der Waals surface area contributed by atoms with Gasteiger partial charge in [0.05, 0.1) is 19.6 Å². The average molecular weight is 663 g/mol. The Morgan fingerprint density at radius 3 is 1.51 bits per heavy atom. The van der Waals surface area contributed by atoms with Crippen LogP contribution in [0.5, 0.6) is 11.5 Å². The van der Waals surface area contributed by atoms with E-state index in [1.54, 1.807) is 52.0 Å². The first-order chi connectivity index (χ1) is 17.8. The zero-order valence-electron chi connectivity index (χ0n) is 22.3. The molecule has 6 nitrogen and oxygen atoms in total. The van der Waals surface area contributed by atoms with E-state index in [9.17, 15) is 9.59 Å². The van der Waals surface area contributed by atoms with Gasteiger partial charge in [0.1, 0.15) is 22.5 Å². The second-order valence-corrected chi connectivity index (χ2v) is 14.7. The molecule has 0 saturated carbocycles. The van der Waals surface area contributed by atoms with Crippen LogP contribution in [0.4, 0.5) is 4.79 Å². The summed E-state index contributed by atoms with van der Waals surface area (Å²) in [6.45, 7) is 6.95. The predicted molar refractivity (Wildman–Crippen MR) is 157 cm³/mol. The largest absolute Gasteiger partial charge is 0.514 e. The lowest BCUT2D eigenvalue weighted by atomic mass is 9.76. The van der Waals surface area contributed by atoms with E-state index in [-0.39, 0.29) is 11.7 Å². The maximum atomic E-state index is 12.6. The monoisotopic (exact) mass is 660 g/mol. The van der Waals surface area contributed by atoms with Crippen LogP contribution in [-0.4, -0.2) is 39.5 Å². The summed E-state index contributed by atoms with van der Waals surface area (Å²) in [6.07, 6.45) is -0.122. The van der Waals surface area contributed by atoms with Gasteiger partial charge >= 0.3 is 12.1 Å². The van der Waals surface area contributed by atoms with Gasteiger partial charge in [-0.25, -0.2) is 4.79 Å². The maximum absolute atomic E-state index is 12.6. The zero-order valence-corrected chi connectivity index (χ0v) is 26.8. The standard InChI is InChI=1S/C27H30Cl6O6/c1-23(2,21(34)37-6)15-16-24(3,4)39-22(35)38-20-13-9-18(10-14-20)25(26(28,29)30,27(31,32)33)17-7-11-19(36-5)12-8-17/h7-14H,15-16H2,1-6H3. The van der Waals surface area contributed by atoms with Crippen LogP contribution >= 0.6 is 69.6 Å². The SMILES string of the molecule is COC(=O)C(C)(C)CCC(C)(C)OC(=O)Oc1ccc(C(c2ccc(OC)cc2)(C(Cl)(Cl)Cl)C(Cl)(Cl)Cl)cc1. The Bertz CT molecular complexity index is 1120. The number of hydrogen-bond donors (Lipinski definition) is 0. The second kappa shape index (κ2) is 12.7. The maximum Gasteiger partial charge on any atom is 0.514 e. The molecule has 0 aliphatic heterocycles. The van der Waals surface area contributed by atoms with Gasteiger partial charge in [0.25, 0.3) is 0 Å². The highest BCUT2D eigenvalue weighted by Gasteiger charge is 2.63. The molecule has 0 radical (unpaired) electrons.